The second-order valence-corrected chi connectivity index (χ2v) is 6.76. The molecule has 0 amide bonds. The first-order chi connectivity index (χ1) is 11.7. The fourth-order valence-electron chi connectivity index (χ4n) is 5.05. The summed E-state index contributed by atoms with van der Waals surface area (Å²) in [7, 11) is 3.37. The van der Waals surface area contributed by atoms with Gasteiger partial charge in [0, 0.05) is 12.1 Å². The van der Waals surface area contributed by atoms with Gasteiger partial charge in [-0.05, 0) is 36.1 Å². The molecule has 122 valence electrons. The smallest absolute Gasteiger partial charge is 0.179 e. The van der Waals surface area contributed by atoms with Crippen LogP contribution in [0.5, 0.6) is 11.5 Å². The number of benzene rings is 1. The van der Waals surface area contributed by atoms with E-state index in [9.17, 15) is 5.26 Å². The van der Waals surface area contributed by atoms with Crippen molar-refractivity contribution in [2.24, 2.45) is 0 Å². The molecule has 4 aliphatic rings. The first-order valence-corrected chi connectivity index (χ1v) is 8.24. The molecule has 0 unspecified atom stereocenters. The molecule has 1 aromatic rings. The van der Waals surface area contributed by atoms with Crippen LogP contribution in [-0.2, 0) is 16.6 Å². The Kier molecular flexibility index (Phi) is 2.57. The number of nitriles is 1. The van der Waals surface area contributed by atoms with Crippen molar-refractivity contribution in [1.82, 2.24) is 4.90 Å². The van der Waals surface area contributed by atoms with Crippen molar-refractivity contribution in [3.8, 4) is 17.7 Å². The summed E-state index contributed by atoms with van der Waals surface area (Å²) in [5.74, 6) is 2.46. The summed E-state index contributed by atoms with van der Waals surface area (Å²) in [4.78, 5) is 1.91. The Labute approximate surface area is 140 Å². The standard InChI is InChI=1S/C19H18N2O3/c1-22-14-5-3-11-9-13-12-4-6-15(23-2)18-19(12,7-8-21(13)10-20)16(11)17(14)24-18/h3-6,13,18H,7-9H2,1-2H3/t13-,18+,19+/m1/s1. The Hall–Kier alpha value is -2.61. The van der Waals surface area contributed by atoms with Crippen LogP contribution in [0.4, 0.5) is 0 Å². The molecule has 24 heavy (non-hydrogen) atoms. The highest BCUT2D eigenvalue weighted by atomic mass is 16.6. The van der Waals surface area contributed by atoms with Crippen LogP contribution in [0.15, 0.2) is 35.6 Å². The number of hydrogen-bond acceptors (Lipinski definition) is 5. The number of ether oxygens (including phenoxy) is 3. The highest BCUT2D eigenvalue weighted by Gasteiger charge is 2.62. The van der Waals surface area contributed by atoms with Crippen molar-refractivity contribution in [2.75, 3.05) is 20.8 Å². The van der Waals surface area contributed by atoms with Gasteiger partial charge in [0.1, 0.15) is 5.76 Å². The third-order valence-corrected chi connectivity index (χ3v) is 6.02. The van der Waals surface area contributed by atoms with Crippen molar-refractivity contribution in [2.45, 2.75) is 30.4 Å². The Balaban J connectivity index is 1.83. The number of allylic oxidation sites excluding steroid dienone is 2. The molecule has 0 radical (unpaired) electrons. The number of piperidine rings is 1. The summed E-state index contributed by atoms with van der Waals surface area (Å²) in [5, 5.41) is 9.56. The van der Waals surface area contributed by atoms with E-state index in [4.69, 9.17) is 14.2 Å². The minimum Gasteiger partial charge on any atom is -0.497 e. The second-order valence-electron chi connectivity index (χ2n) is 6.76. The summed E-state index contributed by atoms with van der Waals surface area (Å²) in [5.41, 5.74) is 3.55. The van der Waals surface area contributed by atoms with Gasteiger partial charge in [-0.15, -0.1) is 0 Å². The number of nitrogens with zero attached hydrogens (tertiary/aromatic N) is 2. The number of hydrogen-bond donors (Lipinski definition) is 0. The Morgan fingerprint density at radius 1 is 1.29 bits per heavy atom. The van der Waals surface area contributed by atoms with Gasteiger partial charge >= 0.3 is 0 Å². The molecule has 5 rings (SSSR count). The molecule has 1 aromatic carbocycles. The Morgan fingerprint density at radius 2 is 2.17 bits per heavy atom. The van der Waals surface area contributed by atoms with Gasteiger partial charge in [-0.1, -0.05) is 12.1 Å². The lowest BCUT2D eigenvalue weighted by Gasteiger charge is -2.52. The fourth-order valence-corrected chi connectivity index (χ4v) is 5.05. The maximum atomic E-state index is 9.56. The molecule has 0 aromatic heterocycles. The van der Waals surface area contributed by atoms with Gasteiger partial charge < -0.3 is 19.1 Å². The van der Waals surface area contributed by atoms with E-state index in [-0.39, 0.29) is 17.6 Å². The van der Waals surface area contributed by atoms with Crippen LogP contribution >= 0.6 is 0 Å². The average Bonchev–Trinajstić information content (AvgIpc) is 2.96. The molecule has 2 heterocycles. The van der Waals surface area contributed by atoms with Crippen LogP contribution in [0.25, 0.3) is 0 Å². The highest BCUT2D eigenvalue weighted by Crippen LogP contribution is 2.62. The Bertz CT molecular complexity index is 851. The van der Waals surface area contributed by atoms with Crippen LogP contribution < -0.4 is 9.47 Å². The SMILES string of the molecule is COC1=CC=C2[C@H]3Cc4ccc(OC)c5c4[C@@]2(CCN3C#N)[C@H]1O5. The number of likely N-dealkylation sites (tertiary alicyclic amines) is 1. The summed E-state index contributed by atoms with van der Waals surface area (Å²) < 4.78 is 17.6. The van der Waals surface area contributed by atoms with Gasteiger partial charge in [-0.25, -0.2) is 0 Å². The topological polar surface area (TPSA) is 54.7 Å². The first-order valence-electron chi connectivity index (χ1n) is 8.24. The highest BCUT2D eigenvalue weighted by molar-refractivity contribution is 5.67. The van der Waals surface area contributed by atoms with Gasteiger partial charge in [0.15, 0.2) is 23.8 Å². The fraction of sp³-hybridized carbons (Fsp3) is 0.421. The van der Waals surface area contributed by atoms with E-state index in [0.717, 1.165) is 36.6 Å². The van der Waals surface area contributed by atoms with E-state index in [1.54, 1.807) is 14.2 Å². The van der Waals surface area contributed by atoms with Gasteiger partial charge in [0.2, 0.25) is 0 Å². The molecule has 0 saturated carbocycles. The zero-order valence-corrected chi connectivity index (χ0v) is 13.7. The third kappa shape index (κ3) is 1.36. The normalized spacial score (nSPS) is 31.3. The Morgan fingerprint density at radius 3 is 2.92 bits per heavy atom. The lowest BCUT2D eigenvalue weighted by molar-refractivity contribution is 0.0811. The van der Waals surface area contributed by atoms with Crippen molar-refractivity contribution in [1.29, 1.82) is 5.26 Å². The lowest BCUT2D eigenvalue weighted by Crippen LogP contribution is -2.58. The molecule has 2 aliphatic carbocycles. The molecule has 5 nitrogen and oxygen atoms in total. The van der Waals surface area contributed by atoms with Gasteiger partial charge in [0.05, 0.1) is 25.7 Å². The molecule has 2 aliphatic heterocycles. The summed E-state index contributed by atoms with van der Waals surface area (Å²) in [6.45, 7) is 0.742. The van der Waals surface area contributed by atoms with Crippen molar-refractivity contribution in [3.05, 3.63) is 46.7 Å². The van der Waals surface area contributed by atoms with E-state index in [1.165, 1.54) is 16.7 Å². The van der Waals surface area contributed by atoms with E-state index in [0.29, 0.717) is 0 Å². The molecule has 2 bridgehead atoms. The van der Waals surface area contributed by atoms with Crippen molar-refractivity contribution < 1.29 is 14.2 Å². The maximum absolute atomic E-state index is 9.56. The molecule has 5 heteroatoms. The van der Waals surface area contributed by atoms with Crippen LogP contribution in [-0.4, -0.2) is 37.8 Å². The minimum atomic E-state index is -0.227. The molecule has 0 N–H and O–H groups in total. The molecule has 1 spiro atoms. The van der Waals surface area contributed by atoms with E-state index in [1.807, 2.05) is 17.0 Å². The zero-order valence-electron chi connectivity index (χ0n) is 13.7. The number of methoxy groups -OCH3 is 2. The minimum absolute atomic E-state index is 0.108. The summed E-state index contributed by atoms with van der Waals surface area (Å²) in [6.07, 6.45) is 8.02. The molecule has 1 saturated heterocycles. The van der Waals surface area contributed by atoms with Gasteiger partial charge in [-0.3, -0.25) is 0 Å². The second kappa shape index (κ2) is 4.47. The predicted octanol–water partition coefficient (Wildman–Crippen LogP) is 2.28. The lowest BCUT2D eigenvalue weighted by atomic mass is 9.57. The van der Waals surface area contributed by atoms with Crippen LogP contribution in [0.1, 0.15) is 17.5 Å². The molecule has 3 atom stereocenters. The monoisotopic (exact) mass is 322 g/mol. The first kappa shape index (κ1) is 13.8. The van der Waals surface area contributed by atoms with E-state index >= 15 is 0 Å². The van der Waals surface area contributed by atoms with Gasteiger partial charge in [0.25, 0.3) is 0 Å². The van der Waals surface area contributed by atoms with Crippen molar-refractivity contribution in [3.63, 3.8) is 0 Å². The number of rotatable bonds is 2. The maximum Gasteiger partial charge on any atom is 0.179 e. The third-order valence-electron chi connectivity index (χ3n) is 6.02. The average molecular weight is 322 g/mol. The molecule has 1 fully saturated rings. The predicted molar refractivity (Wildman–Crippen MR) is 86.7 cm³/mol. The molecular formula is C19H18N2O3. The largest absolute Gasteiger partial charge is 0.497 e. The van der Waals surface area contributed by atoms with E-state index in [2.05, 4.69) is 18.3 Å². The van der Waals surface area contributed by atoms with Gasteiger partial charge in [-0.2, -0.15) is 5.26 Å². The summed E-state index contributed by atoms with van der Waals surface area (Å²) in [6, 6.07) is 4.21. The van der Waals surface area contributed by atoms with Crippen LogP contribution in [0.3, 0.4) is 0 Å². The van der Waals surface area contributed by atoms with Crippen molar-refractivity contribution >= 4 is 0 Å². The summed E-state index contributed by atoms with van der Waals surface area (Å²) >= 11 is 0. The van der Waals surface area contributed by atoms with Crippen LogP contribution in [0.2, 0.25) is 0 Å². The van der Waals surface area contributed by atoms with E-state index < -0.39 is 0 Å². The van der Waals surface area contributed by atoms with Crippen LogP contribution in [0, 0.1) is 11.5 Å². The molecular weight excluding hydrogens is 304 g/mol. The zero-order chi connectivity index (χ0) is 16.5. The quantitative estimate of drug-likeness (QED) is 0.782.